The van der Waals surface area contributed by atoms with E-state index in [-0.39, 0.29) is 0 Å². The van der Waals surface area contributed by atoms with Crippen molar-refractivity contribution in [2.24, 2.45) is 0 Å². The van der Waals surface area contributed by atoms with Gasteiger partial charge in [0.2, 0.25) is 0 Å². The maximum atomic E-state index is 13.8. The van der Waals surface area contributed by atoms with E-state index < -0.39 is 42.8 Å². The molecule has 2 unspecified atom stereocenters. The van der Waals surface area contributed by atoms with Crippen LogP contribution in [0.5, 0.6) is 0 Å². The molecule has 136 valence electrons. The molecule has 0 aromatic heterocycles. The van der Waals surface area contributed by atoms with Gasteiger partial charge in [0.1, 0.15) is 0 Å². The van der Waals surface area contributed by atoms with Crippen molar-refractivity contribution in [2.45, 2.75) is 30.7 Å². The van der Waals surface area contributed by atoms with Gasteiger partial charge in [0.05, 0.1) is 0 Å². The second-order valence-corrected chi connectivity index (χ2v) is 3.50. The lowest BCUT2D eigenvalue weighted by Crippen LogP contribution is -2.64. The molecule has 0 saturated carbocycles. The molecule has 1 heterocycles. The first-order chi connectivity index (χ1) is 9.93. The van der Waals surface area contributed by atoms with Crippen molar-refractivity contribution in [2.75, 3.05) is 0 Å². The van der Waals surface area contributed by atoms with Crippen molar-refractivity contribution in [1.29, 1.82) is 0 Å². The quantitative estimate of drug-likeness (QED) is 0.682. The summed E-state index contributed by atoms with van der Waals surface area (Å²) >= 11 is 0. The van der Waals surface area contributed by atoms with E-state index in [9.17, 15) is 52.7 Å². The van der Waals surface area contributed by atoms with Crippen molar-refractivity contribution in [1.82, 2.24) is 0 Å². The normalized spacial score (nSPS) is 29.3. The van der Waals surface area contributed by atoms with Crippen LogP contribution >= 0.6 is 0 Å². The van der Waals surface area contributed by atoms with Crippen molar-refractivity contribution in [3.05, 3.63) is 12.0 Å². The van der Waals surface area contributed by atoms with E-state index in [0.717, 1.165) is 0 Å². The predicted octanol–water partition coefficient (Wildman–Crippen LogP) is 4.05. The fourth-order valence-corrected chi connectivity index (χ4v) is 1.24. The van der Waals surface area contributed by atoms with E-state index in [1.165, 1.54) is 0 Å². The lowest BCUT2D eigenvalue weighted by molar-refractivity contribution is -0.553. The molecule has 1 aliphatic rings. The first-order valence-electron chi connectivity index (χ1n) is 4.65. The number of ether oxygens (including phenoxy) is 4. The highest BCUT2D eigenvalue weighted by Crippen LogP contribution is 2.56. The van der Waals surface area contributed by atoms with E-state index >= 15 is 0 Å². The average molecular weight is 376 g/mol. The van der Waals surface area contributed by atoms with Crippen LogP contribution in [-0.4, -0.2) is 30.7 Å². The van der Waals surface area contributed by atoms with Crippen LogP contribution in [0.2, 0.25) is 0 Å². The van der Waals surface area contributed by atoms with Gasteiger partial charge < -0.3 is 9.47 Å². The molecule has 0 radical (unpaired) electrons. The van der Waals surface area contributed by atoms with Gasteiger partial charge in [-0.3, -0.25) is 0 Å². The van der Waals surface area contributed by atoms with Crippen molar-refractivity contribution in [3.63, 3.8) is 0 Å². The summed E-state index contributed by atoms with van der Waals surface area (Å²) < 4.78 is 158. The Labute approximate surface area is 116 Å². The highest BCUT2D eigenvalue weighted by Gasteiger charge is 2.85. The molecule has 0 aromatic carbocycles. The maximum Gasteiger partial charge on any atom is 0.528 e. The molecule has 2 atom stereocenters. The summed E-state index contributed by atoms with van der Waals surface area (Å²) in [7, 11) is 0. The molecule has 1 saturated heterocycles. The summed E-state index contributed by atoms with van der Waals surface area (Å²) in [5.74, 6) is -9.01. The minimum Gasteiger partial charge on any atom is -0.411 e. The molecular weight excluding hydrogens is 376 g/mol. The van der Waals surface area contributed by atoms with Gasteiger partial charge in [-0.1, -0.05) is 0 Å². The summed E-state index contributed by atoms with van der Waals surface area (Å²) in [6, 6.07) is -6.02. The van der Waals surface area contributed by atoms with Gasteiger partial charge in [0.15, 0.2) is 0 Å². The average Bonchev–Trinajstić information content (AvgIpc) is 2.46. The zero-order valence-corrected chi connectivity index (χ0v) is 9.67. The lowest BCUT2D eigenvalue weighted by atomic mass is 10.2. The molecule has 0 bridgehead atoms. The smallest absolute Gasteiger partial charge is 0.411 e. The van der Waals surface area contributed by atoms with Gasteiger partial charge in [0, 0.05) is 0 Å². The molecule has 16 heteroatoms. The van der Waals surface area contributed by atoms with Crippen molar-refractivity contribution in [3.8, 4) is 0 Å². The summed E-state index contributed by atoms with van der Waals surface area (Å²) in [4.78, 5) is 0. The van der Waals surface area contributed by atoms with Crippen LogP contribution in [0.25, 0.3) is 0 Å². The third-order valence-electron chi connectivity index (χ3n) is 1.89. The molecule has 4 nitrogen and oxygen atoms in total. The molecule has 0 aromatic rings. The van der Waals surface area contributed by atoms with E-state index in [4.69, 9.17) is 0 Å². The second-order valence-electron chi connectivity index (χ2n) is 3.50. The summed E-state index contributed by atoms with van der Waals surface area (Å²) in [5, 5.41) is 0. The van der Waals surface area contributed by atoms with Crippen LogP contribution < -0.4 is 0 Å². The summed E-state index contributed by atoms with van der Waals surface area (Å²) in [5.41, 5.74) is 0. The number of halogens is 12. The molecular formula is C7F12O4. The number of alkyl halides is 10. The molecule has 0 spiro atoms. The van der Waals surface area contributed by atoms with Gasteiger partial charge >= 0.3 is 42.8 Å². The van der Waals surface area contributed by atoms with E-state index in [2.05, 4.69) is 18.9 Å². The molecule has 0 N–H and O–H groups in total. The summed E-state index contributed by atoms with van der Waals surface area (Å²) in [6.45, 7) is 0. The van der Waals surface area contributed by atoms with Gasteiger partial charge in [-0.2, -0.15) is 26.3 Å². The first-order valence-corrected chi connectivity index (χ1v) is 4.65. The first kappa shape index (κ1) is 19.5. The minimum atomic E-state index is -6.81. The van der Waals surface area contributed by atoms with Crippen LogP contribution in [0.15, 0.2) is 12.0 Å². The zero-order valence-electron chi connectivity index (χ0n) is 9.67. The Bertz CT molecular complexity index is 487. The topological polar surface area (TPSA) is 36.9 Å². The maximum absolute atomic E-state index is 13.8. The van der Waals surface area contributed by atoms with Crippen LogP contribution in [0.4, 0.5) is 52.7 Å². The predicted molar refractivity (Wildman–Crippen MR) is 38.3 cm³/mol. The fourth-order valence-electron chi connectivity index (χ4n) is 1.24. The SMILES string of the molecule is FC(F)=C1OC(F)(OC(F)(F)F)C(OC(F)(F)F)(C(F)(F)F)O1. The summed E-state index contributed by atoms with van der Waals surface area (Å²) in [6.07, 6.45) is -23.2. The van der Waals surface area contributed by atoms with Crippen molar-refractivity contribution < 1.29 is 71.6 Å². The Kier molecular flexibility index (Phi) is 4.42. The molecule has 0 aliphatic carbocycles. The van der Waals surface area contributed by atoms with Crippen LogP contribution in [0, 0.1) is 0 Å². The molecule has 0 amide bonds. The lowest BCUT2D eigenvalue weighted by Gasteiger charge is -2.35. The third-order valence-corrected chi connectivity index (χ3v) is 1.89. The zero-order chi connectivity index (χ0) is 18.5. The molecule has 1 rings (SSSR count). The van der Waals surface area contributed by atoms with Gasteiger partial charge in [0.25, 0.3) is 0 Å². The molecule has 1 aliphatic heterocycles. The fraction of sp³-hybridized carbons (Fsp3) is 0.714. The van der Waals surface area contributed by atoms with E-state index in [1.807, 2.05) is 0 Å². The van der Waals surface area contributed by atoms with Crippen LogP contribution in [0.3, 0.4) is 0 Å². The highest BCUT2D eigenvalue weighted by atomic mass is 19.4. The van der Waals surface area contributed by atoms with Crippen LogP contribution in [-0.2, 0) is 18.9 Å². The second kappa shape index (κ2) is 5.22. The standard InChI is InChI=1S/C7F12O4/c8-1(9)2-20-3(4(10,11)12,22-6(14,15)16)5(13,21-2)23-7(17,18)19. The number of hydrogen-bond donors (Lipinski definition) is 0. The Morgan fingerprint density at radius 2 is 1.22 bits per heavy atom. The Morgan fingerprint density at radius 3 is 1.52 bits per heavy atom. The Morgan fingerprint density at radius 1 is 0.783 bits per heavy atom. The minimum absolute atomic E-state index is 2.13. The van der Waals surface area contributed by atoms with E-state index in [0.29, 0.717) is 0 Å². The molecule has 1 fully saturated rings. The van der Waals surface area contributed by atoms with Crippen LogP contribution in [0.1, 0.15) is 0 Å². The van der Waals surface area contributed by atoms with Gasteiger partial charge in [-0.25, -0.2) is 9.47 Å². The number of hydrogen-bond acceptors (Lipinski definition) is 4. The number of rotatable bonds is 2. The molecule has 23 heavy (non-hydrogen) atoms. The largest absolute Gasteiger partial charge is 0.528 e. The monoisotopic (exact) mass is 376 g/mol. The Balaban J connectivity index is 3.56. The highest BCUT2D eigenvalue weighted by molar-refractivity contribution is 5.03. The van der Waals surface area contributed by atoms with Crippen molar-refractivity contribution >= 4 is 0 Å². The third kappa shape index (κ3) is 3.85. The van der Waals surface area contributed by atoms with Gasteiger partial charge in [-0.05, 0) is 0 Å². The van der Waals surface area contributed by atoms with E-state index in [1.54, 1.807) is 0 Å². The van der Waals surface area contributed by atoms with Gasteiger partial charge in [-0.15, -0.1) is 26.3 Å². The Hall–Kier alpha value is -1.58.